The third kappa shape index (κ3) is 3.27. The molecule has 0 atom stereocenters. The number of pyridine rings is 1. The molecular formula is C19H17ClFN5O2. The molecule has 1 aliphatic rings. The normalized spacial score (nSPS) is 13.0. The van der Waals surface area contributed by atoms with Gasteiger partial charge in [-0.3, -0.25) is 9.89 Å². The van der Waals surface area contributed by atoms with E-state index in [0.29, 0.717) is 11.4 Å². The zero-order chi connectivity index (χ0) is 19.8. The van der Waals surface area contributed by atoms with Crippen molar-refractivity contribution < 1.29 is 14.3 Å². The van der Waals surface area contributed by atoms with Gasteiger partial charge in [-0.15, -0.1) is 0 Å². The minimum Gasteiger partial charge on any atom is -0.507 e. The van der Waals surface area contributed by atoms with E-state index in [1.165, 1.54) is 6.07 Å². The lowest BCUT2D eigenvalue weighted by Crippen LogP contribution is -2.14. The number of benzene rings is 1. The predicted molar refractivity (Wildman–Crippen MR) is 104 cm³/mol. The average Bonchev–Trinajstić information content (AvgIpc) is 3.01. The Hall–Kier alpha value is -3.13. The third-order valence-corrected chi connectivity index (χ3v) is 4.92. The van der Waals surface area contributed by atoms with E-state index in [0.717, 1.165) is 36.8 Å². The van der Waals surface area contributed by atoms with Crippen LogP contribution in [0.3, 0.4) is 0 Å². The summed E-state index contributed by atoms with van der Waals surface area (Å²) in [4.78, 5) is 16.9. The van der Waals surface area contributed by atoms with Crippen LogP contribution in [0.25, 0.3) is 11.3 Å². The molecule has 4 rings (SSSR count). The van der Waals surface area contributed by atoms with Crippen LogP contribution < -0.4 is 10.6 Å². The van der Waals surface area contributed by atoms with Crippen LogP contribution in [0, 0.1) is 12.7 Å². The maximum Gasteiger partial charge on any atom is 0.259 e. The molecule has 9 heteroatoms. The minimum absolute atomic E-state index is 0.0770. The largest absolute Gasteiger partial charge is 0.507 e. The highest BCUT2D eigenvalue weighted by Crippen LogP contribution is 2.32. The van der Waals surface area contributed by atoms with E-state index in [1.807, 2.05) is 6.07 Å². The predicted octanol–water partition coefficient (Wildman–Crippen LogP) is 3.89. The van der Waals surface area contributed by atoms with Crippen LogP contribution in [0.2, 0.25) is 5.15 Å². The van der Waals surface area contributed by atoms with E-state index in [-0.39, 0.29) is 27.7 Å². The zero-order valence-corrected chi connectivity index (χ0v) is 15.7. The topological polar surface area (TPSA) is 103 Å². The van der Waals surface area contributed by atoms with Gasteiger partial charge in [0.25, 0.3) is 5.91 Å². The molecule has 0 radical (unpaired) electrons. The van der Waals surface area contributed by atoms with E-state index in [2.05, 4.69) is 25.8 Å². The standard InChI is InChI=1S/C19H17ClFN5O2/c1-9-16(17(20)26-25-9)24-19(28)12-7-13(21)11(8-15(12)27)14-5-4-10-3-2-6-22-18(10)23-14/h4-5,7-8,27H,2-3,6H2,1H3,(H,22,23)(H,24,28)(H,25,26). The average molecular weight is 402 g/mol. The molecule has 1 amide bonds. The first-order chi connectivity index (χ1) is 13.4. The number of hydrogen-bond acceptors (Lipinski definition) is 5. The highest BCUT2D eigenvalue weighted by molar-refractivity contribution is 6.33. The van der Waals surface area contributed by atoms with Crippen molar-refractivity contribution in [1.82, 2.24) is 15.2 Å². The van der Waals surface area contributed by atoms with Crippen molar-refractivity contribution in [1.29, 1.82) is 0 Å². The number of aryl methyl sites for hydroxylation is 2. The van der Waals surface area contributed by atoms with Gasteiger partial charge in [0, 0.05) is 12.1 Å². The fourth-order valence-corrected chi connectivity index (χ4v) is 3.38. The van der Waals surface area contributed by atoms with Gasteiger partial charge in [0.2, 0.25) is 0 Å². The Morgan fingerprint density at radius 3 is 2.93 bits per heavy atom. The maximum atomic E-state index is 14.7. The van der Waals surface area contributed by atoms with Crippen LogP contribution in [0.5, 0.6) is 5.75 Å². The smallest absolute Gasteiger partial charge is 0.259 e. The second kappa shape index (κ2) is 7.12. The Morgan fingerprint density at radius 2 is 2.18 bits per heavy atom. The minimum atomic E-state index is -0.700. The van der Waals surface area contributed by atoms with E-state index in [9.17, 15) is 14.3 Å². The molecular weight excluding hydrogens is 385 g/mol. The summed E-state index contributed by atoms with van der Waals surface area (Å²) in [6.07, 6.45) is 1.94. The lowest BCUT2D eigenvalue weighted by Gasteiger charge is -2.18. The molecule has 0 unspecified atom stereocenters. The SMILES string of the molecule is Cc1[nH]nc(Cl)c1NC(=O)c1cc(F)c(-c2ccc3c(n2)NCCC3)cc1O. The fourth-order valence-electron chi connectivity index (χ4n) is 3.14. The summed E-state index contributed by atoms with van der Waals surface area (Å²) < 4.78 is 14.7. The molecule has 144 valence electrons. The van der Waals surface area contributed by atoms with Crippen molar-refractivity contribution in [2.75, 3.05) is 17.2 Å². The molecule has 7 nitrogen and oxygen atoms in total. The molecule has 0 fully saturated rings. The monoisotopic (exact) mass is 401 g/mol. The molecule has 0 aliphatic carbocycles. The summed E-state index contributed by atoms with van der Waals surface area (Å²) in [6.45, 7) is 2.49. The maximum absolute atomic E-state index is 14.7. The summed E-state index contributed by atoms with van der Waals surface area (Å²) >= 11 is 5.90. The van der Waals surface area contributed by atoms with Gasteiger partial charge >= 0.3 is 0 Å². The molecule has 1 aromatic carbocycles. The molecule has 3 heterocycles. The van der Waals surface area contributed by atoms with Crippen molar-refractivity contribution in [2.45, 2.75) is 19.8 Å². The Balaban J connectivity index is 1.66. The summed E-state index contributed by atoms with van der Waals surface area (Å²) in [5, 5.41) is 22.5. The number of phenolic OH excluding ortho intramolecular Hbond substituents is 1. The van der Waals surface area contributed by atoms with Gasteiger partial charge in [-0.25, -0.2) is 9.37 Å². The number of aromatic nitrogens is 3. The number of nitrogens with one attached hydrogen (secondary N) is 3. The second-order valence-corrected chi connectivity index (χ2v) is 6.91. The van der Waals surface area contributed by atoms with Gasteiger partial charge in [-0.2, -0.15) is 5.10 Å². The van der Waals surface area contributed by atoms with Gasteiger partial charge in [0.15, 0.2) is 5.15 Å². The van der Waals surface area contributed by atoms with Crippen molar-refractivity contribution in [3.63, 3.8) is 0 Å². The molecule has 3 aromatic rings. The van der Waals surface area contributed by atoms with Gasteiger partial charge < -0.3 is 15.7 Å². The second-order valence-electron chi connectivity index (χ2n) is 6.55. The highest BCUT2D eigenvalue weighted by atomic mass is 35.5. The van der Waals surface area contributed by atoms with Crippen LogP contribution >= 0.6 is 11.6 Å². The lowest BCUT2D eigenvalue weighted by atomic mass is 10.0. The first-order valence-corrected chi connectivity index (χ1v) is 9.10. The highest BCUT2D eigenvalue weighted by Gasteiger charge is 2.20. The zero-order valence-electron chi connectivity index (χ0n) is 14.9. The van der Waals surface area contributed by atoms with Gasteiger partial charge in [-0.1, -0.05) is 17.7 Å². The summed E-state index contributed by atoms with van der Waals surface area (Å²) in [6, 6.07) is 5.78. The Labute approximate surface area is 165 Å². The van der Waals surface area contributed by atoms with E-state index < -0.39 is 11.7 Å². The van der Waals surface area contributed by atoms with Gasteiger partial charge in [0.1, 0.15) is 23.1 Å². The van der Waals surface area contributed by atoms with Crippen LogP contribution in [-0.4, -0.2) is 32.7 Å². The van der Waals surface area contributed by atoms with Crippen LogP contribution in [0.1, 0.15) is 28.0 Å². The number of carbonyl (C=O) groups excluding carboxylic acids is 1. The van der Waals surface area contributed by atoms with Crippen molar-refractivity contribution >= 4 is 29.0 Å². The Kier molecular flexibility index (Phi) is 4.64. The number of halogens is 2. The summed E-state index contributed by atoms with van der Waals surface area (Å²) in [5.74, 6) is -1.01. The molecule has 0 saturated heterocycles. The molecule has 4 N–H and O–H groups in total. The number of rotatable bonds is 3. The number of phenols is 1. The van der Waals surface area contributed by atoms with Crippen LogP contribution in [0.15, 0.2) is 24.3 Å². The molecule has 0 spiro atoms. The number of hydrogen-bond donors (Lipinski definition) is 4. The number of aromatic hydroxyl groups is 1. The van der Waals surface area contributed by atoms with Gasteiger partial charge in [-0.05, 0) is 43.5 Å². The van der Waals surface area contributed by atoms with Crippen LogP contribution in [0.4, 0.5) is 15.9 Å². The number of aromatic amines is 1. The first-order valence-electron chi connectivity index (χ1n) is 8.72. The number of nitrogens with zero attached hydrogens (tertiary/aromatic N) is 2. The van der Waals surface area contributed by atoms with E-state index in [1.54, 1.807) is 13.0 Å². The van der Waals surface area contributed by atoms with E-state index >= 15 is 0 Å². The van der Waals surface area contributed by atoms with Gasteiger partial charge in [0.05, 0.1) is 17.0 Å². The molecule has 28 heavy (non-hydrogen) atoms. The number of amides is 1. The number of carbonyl (C=O) groups is 1. The van der Waals surface area contributed by atoms with Crippen molar-refractivity contribution in [3.05, 3.63) is 52.1 Å². The lowest BCUT2D eigenvalue weighted by molar-refractivity contribution is 0.102. The first kappa shape index (κ1) is 18.2. The van der Waals surface area contributed by atoms with Crippen molar-refractivity contribution in [2.24, 2.45) is 0 Å². The number of fused-ring (bicyclic) bond motifs is 1. The summed E-state index contributed by atoms with van der Waals surface area (Å²) in [7, 11) is 0. The third-order valence-electron chi connectivity index (χ3n) is 4.64. The summed E-state index contributed by atoms with van der Waals surface area (Å²) in [5.41, 5.74) is 2.17. The Morgan fingerprint density at radius 1 is 1.36 bits per heavy atom. The molecule has 1 aliphatic heterocycles. The Bertz CT molecular complexity index is 1060. The number of anilines is 2. The molecule has 0 saturated carbocycles. The van der Waals surface area contributed by atoms with Crippen molar-refractivity contribution in [3.8, 4) is 17.0 Å². The number of H-pyrrole nitrogens is 1. The molecule has 2 aromatic heterocycles. The fraction of sp³-hybridized carbons (Fsp3) is 0.211. The quantitative estimate of drug-likeness (QED) is 0.533. The van der Waals surface area contributed by atoms with E-state index in [4.69, 9.17) is 11.6 Å². The van der Waals surface area contributed by atoms with Crippen LogP contribution in [-0.2, 0) is 6.42 Å². The molecule has 0 bridgehead atoms.